The maximum atomic E-state index is 13.1. The topological polar surface area (TPSA) is 67.7 Å². The number of aryl methyl sites for hydroxylation is 1. The summed E-state index contributed by atoms with van der Waals surface area (Å²) >= 11 is 0. The Morgan fingerprint density at radius 1 is 1.23 bits per heavy atom. The first kappa shape index (κ1) is 18.5. The van der Waals surface area contributed by atoms with Gasteiger partial charge in [0.1, 0.15) is 11.3 Å². The number of aromatic nitrogens is 2. The predicted octanol–water partition coefficient (Wildman–Crippen LogP) is 2.60. The Hall–Kier alpha value is -2.31. The molecule has 2 aliphatic rings. The molecule has 3 rings (SSSR count). The van der Waals surface area contributed by atoms with E-state index in [1.54, 1.807) is 4.90 Å². The Bertz CT molecular complexity index is 756. The largest absolute Gasteiger partial charge is 0.444 e. The van der Waals surface area contributed by atoms with Gasteiger partial charge in [0.2, 0.25) is 5.78 Å². The molecule has 0 saturated carbocycles. The average molecular weight is 360 g/mol. The van der Waals surface area contributed by atoms with Gasteiger partial charge in [-0.1, -0.05) is 0 Å². The van der Waals surface area contributed by atoms with Gasteiger partial charge in [-0.3, -0.25) is 9.48 Å². The molecule has 142 valence electrons. The Morgan fingerprint density at radius 3 is 2.62 bits per heavy atom. The summed E-state index contributed by atoms with van der Waals surface area (Å²) in [6.07, 6.45) is 3.83. The number of allylic oxidation sites excluding steroid dienone is 1. The van der Waals surface area contributed by atoms with Gasteiger partial charge in [-0.25, -0.2) is 4.79 Å². The molecule has 2 aliphatic heterocycles. The molecule has 0 spiro atoms. The highest BCUT2D eigenvalue weighted by Gasteiger charge is 2.33. The van der Waals surface area contributed by atoms with Crippen LogP contribution >= 0.6 is 0 Å². The summed E-state index contributed by atoms with van der Waals surface area (Å²) in [4.78, 5) is 29.1. The Labute approximate surface area is 154 Å². The van der Waals surface area contributed by atoms with Gasteiger partial charge in [-0.05, 0) is 33.6 Å². The van der Waals surface area contributed by atoms with E-state index in [-0.39, 0.29) is 11.9 Å². The molecule has 0 fully saturated rings. The number of rotatable bonds is 1. The lowest BCUT2D eigenvalue weighted by Crippen LogP contribution is -2.40. The normalized spacial score (nSPS) is 19.0. The van der Waals surface area contributed by atoms with E-state index in [4.69, 9.17) is 4.74 Å². The second-order valence-electron chi connectivity index (χ2n) is 8.20. The molecule has 7 heteroatoms. The third-order valence-corrected chi connectivity index (χ3v) is 4.49. The third kappa shape index (κ3) is 3.76. The van der Waals surface area contributed by atoms with Crippen LogP contribution in [0.4, 0.5) is 4.79 Å². The molecule has 3 heterocycles. The smallest absolute Gasteiger partial charge is 0.410 e. The number of hydrogen-bond donors (Lipinski definition) is 0. The SMILES string of the molecule is CN(C)C=C1CCCn2nc3c(c2C1=O)CN(C(=O)OC(C)(C)C)CC3. The van der Waals surface area contributed by atoms with Crippen molar-refractivity contribution >= 4 is 11.9 Å². The molecule has 1 aromatic heterocycles. The zero-order valence-corrected chi connectivity index (χ0v) is 16.3. The highest BCUT2D eigenvalue weighted by Crippen LogP contribution is 2.29. The monoisotopic (exact) mass is 360 g/mol. The number of ether oxygens (including phenoxy) is 1. The number of nitrogens with zero attached hydrogens (tertiary/aromatic N) is 4. The van der Waals surface area contributed by atoms with E-state index in [1.807, 2.05) is 50.6 Å². The fourth-order valence-electron chi connectivity index (χ4n) is 3.44. The van der Waals surface area contributed by atoms with Crippen LogP contribution in [0.1, 0.15) is 55.4 Å². The van der Waals surface area contributed by atoms with Crippen LogP contribution in [0, 0.1) is 0 Å². The van der Waals surface area contributed by atoms with E-state index >= 15 is 0 Å². The highest BCUT2D eigenvalue weighted by atomic mass is 16.6. The van der Waals surface area contributed by atoms with Crippen molar-refractivity contribution in [1.82, 2.24) is 19.6 Å². The minimum Gasteiger partial charge on any atom is -0.444 e. The lowest BCUT2D eigenvalue weighted by molar-refractivity contribution is 0.0222. The standard InChI is InChI=1S/C19H28N4O3/c1-19(2,3)26-18(25)22-10-8-15-14(12-22)16-17(24)13(11-21(4)5)7-6-9-23(16)20-15/h11H,6-10,12H2,1-5H3. The van der Waals surface area contributed by atoms with E-state index in [2.05, 4.69) is 5.10 Å². The minimum atomic E-state index is -0.537. The van der Waals surface area contributed by atoms with Crippen molar-refractivity contribution in [2.75, 3.05) is 20.6 Å². The summed E-state index contributed by atoms with van der Waals surface area (Å²) in [5.74, 6) is 0.0241. The maximum Gasteiger partial charge on any atom is 0.410 e. The zero-order chi connectivity index (χ0) is 19.1. The molecular weight excluding hydrogens is 332 g/mol. The Morgan fingerprint density at radius 2 is 1.96 bits per heavy atom. The van der Waals surface area contributed by atoms with Crippen LogP contribution in [0.2, 0.25) is 0 Å². The lowest BCUT2D eigenvalue weighted by atomic mass is 9.99. The van der Waals surface area contributed by atoms with Gasteiger partial charge in [0, 0.05) is 50.9 Å². The fourth-order valence-corrected chi connectivity index (χ4v) is 3.44. The van der Waals surface area contributed by atoms with Crippen LogP contribution in [0.25, 0.3) is 0 Å². The van der Waals surface area contributed by atoms with Crippen LogP contribution in [-0.4, -0.2) is 57.7 Å². The van der Waals surface area contributed by atoms with E-state index in [0.29, 0.717) is 25.2 Å². The van der Waals surface area contributed by atoms with Crippen LogP contribution in [0.15, 0.2) is 11.8 Å². The molecular formula is C19H28N4O3. The van der Waals surface area contributed by atoms with E-state index in [1.165, 1.54) is 0 Å². The molecule has 0 bridgehead atoms. The zero-order valence-electron chi connectivity index (χ0n) is 16.3. The molecule has 0 aliphatic carbocycles. The Kier molecular flexibility index (Phi) is 4.82. The van der Waals surface area contributed by atoms with E-state index < -0.39 is 5.60 Å². The van der Waals surface area contributed by atoms with Crippen molar-refractivity contribution in [3.05, 3.63) is 28.7 Å². The molecule has 0 radical (unpaired) electrons. The second-order valence-corrected chi connectivity index (χ2v) is 8.20. The van der Waals surface area contributed by atoms with Gasteiger partial charge in [0.15, 0.2) is 0 Å². The molecule has 0 atom stereocenters. The number of carbonyl (C=O) groups is 2. The van der Waals surface area contributed by atoms with Gasteiger partial charge in [-0.2, -0.15) is 5.10 Å². The third-order valence-electron chi connectivity index (χ3n) is 4.49. The van der Waals surface area contributed by atoms with Crippen molar-refractivity contribution < 1.29 is 14.3 Å². The van der Waals surface area contributed by atoms with Crippen molar-refractivity contribution in [3.8, 4) is 0 Å². The summed E-state index contributed by atoms with van der Waals surface area (Å²) in [5.41, 5.74) is 2.70. The van der Waals surface area contributed by atoms with E-state index in [0.717, 1.165) is 36.2 Å². The minimum absolute atomic E-state index is 0.0241. The molecule has 26 heavy (non-hydrogen) atoms. The molecule has 0 saturated heterocycles. The van der Waals surface area contributed by atoms with Crippen molar-refractivity contribution in [2.45, 2.75) is 58.7 Å². The number of hydrogen-bond acceptors (Lipinski definition) is 5. The van der Waals surface area contributed by atoms with Gasteiger partial charge >= 0.3 is 6.09 Å². The maximum absolute atomic E-state index is 13.1. The predicted molar refractivity (Wildman–Crippen MR) is 97.9 cm³/mol. The first-order chi connectivity index (χ1) is 12.2. The highest BCUT2D eigenvalue weighted by molar-refractivity contribution is 6.08. The molecule has 7 nitrogen and oxygen atoms in total. The lowest BCUT2D eigenvalue weighted by Gasteiger charge is -2.29. The number of Topliss-reactive ketones (excluding diaryl/α,β-unsaturated/α-hetero) is 1. The first-order valence-corrected chi connectivity index (χ1v) is 9.14. The van der Waals surface area contributed by atoms with Gasteiger partial charge in [0.25, 0.3) is 0 Å². The van der Waals surface area contributed by atoms with Gasteiger partial charge in [0.05, 0.1) is 12.2 Å². The number of ketones is 1. The van der Waals surface area contributed by atoms with E-state index in [9.17, 15) is 9.59 Å². The summed E-state index contributed by atoms with van der Waals surface area (Å²) < 4.78 is 7.33. The van der Waals surface area contributed by atoms with Crippen LogP contribution in [0.5, 0.6) is 0 Å². The second kappa shape index (κ2) is 6.78. The summed E-state index contributed by atoms with van der Waals surface area (Å²) in [6, 6.07) is 0. The summed E-state index contributed by atoms with van der Waals surface area (Å²) in [6.45, 7) is 7.23. The molecule has 1 amide bonds. The molecule has 0 aromatic carbocycles. The quantitative estimate of drug-likeness (QED) is 0.720. The fraction of sp³-hybridized carbons (Fsp3) is 0.632. The first-order valence-electron chi connectivity index (χ1n) is 9.14. The average Bonchev–Trinajstić information content (AvgIpc) is 2.81. The summed E-state index contributed by atoms with van der Waals surface area (Å²) in [5, 5.41) is 4.66. The van der Waals surface area contributed by atoms with Gasteiger partial charge < -0.3 is 14.5 Å². The number of fused-ring (bicyclic) bond motifs is 3. The number of carbonyl (C=O) groups excluding carboxylic acids is 2. The van der Waals surface area contributed by atoms with Crippen LogP contribution < -0.4 is 0 Å². The van der Waals surface area contributed by atoms with Gasteiger partial charge in [-0.15, -0.1) is 0 Å². The molecule has 0 unspecified atom stereocenters. The molecule has 0 N–H and O–H groups in total. The molecule has 1 aromatic rings. The summed E-state index contributed by atoms with van der Waals surface area (Å²) in [7, 11) is 3.84. The van der Waals surface area contributed by atoms with Crippen LogP contribution in [-0.2, 0) is 24.2 Å². The van der Waals surface area contributed by atoms with Crippen molar-refractivity contribution in [1.29, 1.82) is 0 Å². The number of amides is 1. The Balaban J connectivity index is 1.91. The van der Waals surface area contributed by atoms with Crippen molar-refractivity contribution in [3.63, 3.8) is 0 Å². The van der Waals surface area contributed by atoms with Crippen molar-refractivity contribution in [2.24, 2.45) is 0 Å². The van der Waals surface area contributed by atoms with Crippen LogP contribution in [0.3, 0.4) is 0 Å².